The van der Waals surface area contributed by atoms with Crippen molar-refractivity contribution in [3.8, 4) is 0 Å². The lowest BCUT2D eigenvalue weighted by atomic mass is 10.3. The standard InChI is InChI=1S/C10H16F3N3/c1-3-8(2)16-5-4-9(15-16)6-14-7-10(11,12)13/h4-5,8,14H,3,6-7H2,1-2H3. The maximum absolute atomic E-state index is 11.9. The molecule has 16 heavy (non-hydrogen) atoms. The van der Waals surface area contributed by atoms with Crippen molar-refractivity contribution < 1.29 is 13.2 Å². The molecule has 0 saturated heterocycles. The molecule has 6 heteroatoms. The van der Waals surface area contributed by atoms with E-state index in [0.29, 0.717) is 5.69 Å². The second-order valence-corrected chi connectivity index (χ2v) is 3.76. The number of aromatic nitrogens is 2. The van der Waals surface area contributed by atoms with Crippen LogP contribution in [0.1, 0.15) is 32.0 Å². The number of nitrogens with one attached hydrogen (secondary N) is 1. The minimum atomic E-state index is -4.17. The summed E-state index contributed by atoms with van der Waals surface area (Å²) in [6, 6.07) is 2.01. The normalized spacial score (nSPS) is 14.1. The van der Waals surface area contributed by atoms with Gasteiger partial charge in [-0.3, -0.25) is 4.68 Å². The van der Waals surface area contributed by atoms with Gasteiger partial charge < -0.3 is 5.32 Å². The maximum Gasteiger partial charge on any atom is 0.401 e. The molecule has 1 N–H and O–H groups in total. The number of nitrogens with zero attached hydrogens (tertiary/aromatic N) is 2. The topological polar surface area (TPSA) is 29.9 Å². The second kappa shape index (κ2) is 5.34. The van der Waals surface area contributed by atoms with Crippen molar-refractivity contribution in [2.75, 3.05) is 6.54 Å². The fourth-order valence-electron chi connectivity index (χ4n) is 1.24. The van der Waals surface area contributed by atoms with E-state index >= 15 is 0 Å². The summed E-state index contributed by atoms with van der Waals surface area (Å²) in [5.74, 6) is 0. The van der Waals surface area contributed by atoms with Crippen LogP contribution in [0.15, 0.2) is 12.3 Å². The van der Waals surface area contributed by atoms with Gasteiger partial charge in [-0.15, -0.1) is 0 Å². The molecule has 0 radical (unpaired) electrons. The van der Waals surface area contributed by atoms with Gasteiger partial charge in [0.25, 0.3) is 0 Å². The molecule has 0 aromatic carbocycles. The van der Waals surface area contributed by atoms with Crippen LogP contribution in [-0.2, 0) is 6.54 Å². The van der Waals surface area contributed by atoms with E-state index < -0.39 is 12.7 Å². The van der Waals surface area contributed by atoms with Gasteiger partial charge in [0.1, 0.15) is 0 Å². The van der Waals surface area contributed by atoms with E-state index in [4.69, 9.17) is 0 Å². The molecule has 1 unspecified atom stereocenters. The number of rotatable bonds is 5. The first-order valence-corrected chi connectivity index (χ1v) is 5.24. The van der Waals surface area contributed by atoms with Gasteiger partial charge in [-0.25, -0.2) is 0 Å². The van der Waals surface area contributed by atoms with Gasteiger partial charge in [0.15, 0.2) is 0 Å². The third kappa shape index (κ3) is 4.22. The average molecular weight is 235 g/mol. The molecule has 0 bridgehead atoms. The molecule has 1 aromatic rings. The summed E-state index contributed by atoms with van der Waals surface area (Å²) >= 11 is 0. The van der Waals surface area contributed by atoms with Crippen LogP contribution < -0.4 is 5.32 Å². The molecule has 1 aromatic heterocycles. The van der Waals surface area contributed by atoms with Crippen molar-refractivity contribution in [2.45, 2.75) is 39.0 Å². The van der Waals surface area contributed by atoms with Crippen molar-refractivity contribution in [3.05, 3.63) is 18.0 Å². The predicted octanol–water partition coefficient (Wildman–Crippen LogP) is 2.51. The number of alkyl halides is 3. The third-order valence-electron chi connectivity index (χ3n) is 2.34. The van der Waals surface area contributed by atoms with Crippen molar-refractivity contribution in [3.63, 3.8) is 0 Å². The monoisotopic (exact) mass is 235 g/mol. The molecule has 1 heterocycles. The minimum absolute atomic E-state index is 0.142. The Labute approximate surface area is 92.6 Å². The summed E-state index contributed by atoms with van der Waals surface area (Å²) in [7, 11) is 0. The smallest absolute Gasteiger partial charge is 0.303 e. The van der Waals surface area contributed by atoms with Crippen LogP contribution in [0.3, 0.4) is 0 Å². The Kier molecular flexibility index (Phi) is 4.35. The summed E-state index contributed by atoms with van der Waals surface area (Å²) in [6.07, 6.45) is -1.44. The molecule has 0 amide bonds. The Bertz CT molecular complexity index is 319. The minimum Gasteiger partial charge on any atom is -0.303 e. The highest BCUT2D eigenvalue weighted by Crippen LogP contribution is 2.13. The number of halogens is 3. The second-order valence-electron chi connectivity index (χ2n) is 3.76. The van der Waals surface area contributed by atoms with Crippen LogP contribution in [0.5, 0.6) is 0 Å². The molecule has 0 aliphatic carbocycles. The molecular formula is C10H16F3N3. The van der Waals surface area contributed by atoms with Gasteiger partial charge in [0, 0.05) is 18.8 Å². The van der Waals surface area contributed by atoms with E-state index in [1.54, 1.807) is 16.9 Å². The summed E-state index contributed by atoms with van der Waals surface area (Å²) in [6.45, 7) is 3.21. The van der Waals surface area contributed by atoms with Crippen LogP contribution in [-0.4, -0.2) is 22.5 Å². The lowest BCUT2D eigenvalue weighted by Gasteiger charge is -2.09. The van der Waals surface area contributed by atoms with Crippen molar-refractivity contribution in [2.24, 2.45) is 0 Å². The van der Waals surface area contributed by atoms with E-state index in [2.05, 4.69) is 10.4 Å². The highest BCUT2D eigenvalue weighted by molar-refractivity contribution is 4.99. The highest BCUT2D eigenvalue weighted by atomic mass is 19.4. The average Bonchev–Trinajstić information content (AvgIpc) is 2.63. The molecule has 0 fully saturated rings. The maximum atomic E-state index is 11.9. The summed E-state index contributed by atoms with van der Waals surface area (Å²) in [5.41, 5.74) is 0.629. The molecule has 92 valence electrons. The van der Waals surface area contributed by atoms with Crippen LogP contribution in [0, 0.1) is 0 Å². The SMILES string of the molecule is CCC(C)n1ccc(CNCC(F)(F)F)n1. The molecule has 0 aliphatic heterocycles. The Morgan fingerprint density at radius 1 is 1.50 bits per heavy atom. The summed E-state index contributed by atoms with van der Waals surface area (Å²) in [5, 5.41) is 6.50. The Morgan fingerprint density at radius 2 is 2.19 bits per heavy atom. The lowest BCUT2D eigenvalue weighted by Crippen LogP contribution is -2.28. The van der Waals surface area contributed by atoms with Crippen molar-refractivity contribution in [1.29, 1.82) is 0 Å². The fourth-order valence-corrected chi connectivity index (χ4v) is 1.24. The zero-order chi connectivity index (χ0) is 12.2. The summed E-state index contributed by atoms with van der Waals surface area (Å²) < 4.78 is 37.3. The molecule has 1 atom stereocenters. The zero-order valence-electron chi connectivity index (χ0n) is 9.38. The molecule has 0 spiro atoms. The molecular weight excluding hydrogens is 219 g/mol. The van der Waals surface area contributed by atoms with E-state index in [0.717, 1.165) is 6.42 Å². The lowest BCUT2D eigenvalue weighted by molar-refractivity contribution is -0.125. The first-order valence-electron chi connectivity index (χ1n) is 5.24. The summed E-state index contributed by atoms with van der Waals surface area (Å²) in [4.78, 5) is 0. The van der Waals surface area contributed by atoms with Crippen molar-refractivity contribution in [1.82, 2.24) is 15.1 Å². The van der Waals surface area contributed by atoms with E-state index in [-0.39, 0.29) is 12.6 Å². The number of hydrogen-bond acceptors (Lipinski definition) is 2. The van der Waals surface area contributed by atoms with Gasteiger partial charge in [-0.2, -0.15) is 18.3 Å². The molecule has 0 saturated carbocycles. The van der Waals surface area contributed by atoms with Gasteiger partial charge in [-0.1, -0.05) is 6.92 Å². The van der Waals surface area contributed by atoms with Gasteiger partial charge in [0.2, 0.25) is 0 Å². The quantitative estimate of drug-likeness (QED) is 0.849. The zero-order valence-corrected chi connectivity index (χ0v) is 9.38. The molecule has 0 aliphatic rings. The Morgan fingerprint density at radius 3 is 2.75 bits per heavy atom. The Balaban J connectivity index is 2.41. The number of hydrogen-bond donors (Lipinski definition) is 1. The van der Waals surface area contributed by atoms with Gasteiger partial charge in [-0.05, 0) is 19.4 Å². The van der Waals surface area contributed by atoms with Gasteiger partial charge >= 0.3 is 6.18 Å². The predicted molar refractivity (Wildman–Crippen MR) is 55.0 cm³/mol. The van der Waals surface area contributed by atoms with Crippen LogP contribution in [0.25, 0.3) is 0 Å². The first kappa shape index (κ1) is 13.0. The third-order valence-corrected chi connectivity index (χ3v) is 2.34. The van der Waals surface area contributed by atoms with E-state index in [9.17, 15) is 13.2 Å². The van der Waals surface area contributed by atoms with E-state index in [1.807, 2.05) is 13.8 Å². The van der Waals surface area contributed by atoms with E-state index in [1.165, 1.54) is 0 Å². The first-order chi connectivity index (χ1) is 7.42. The van der Waals surface area contributed by atoms with Crippen molar-refractivity contribution >= 4 is 0 Å². The van der Waals surface area contributed by atoms with Crippen LogP contribution >= 0.6 is 0 Å². The van der Waals surface area contributed by atoms with Gasteiger partial charge in [0.05, 0.1) is 12.2 Å². The largest absolute Gasteiger partial charge is 0.401 e. The molecule has 3 nitrogen and oxygen atoms in total. The highest BCUT2D eigenvalue weighted by Gasteiger charge is 2.26. The molecule has 1 rings (SSSR count). The fraction of sp³-hybridized carbons (Fsp3) is 0.700. The van der Waals surface area contributed by atoms with Crippen LogP contribution in [0.4, 0.5) is 13.2 Å². The van der Waals surface area contributed by atoms with Crippen LogP contribution in [0.2, 0.25) is 0 Å². The Hall–Kier alpha value is -1.04.